The SMILES string of the molecule is COCCNC(=O)[C@H](C)OC(=O)c1c2c(nc3ccccc13)CC[C@@H](C)C2. The van der Waals surface area contributed by atoms with Crippen molar-refractivity contribution in [2.24, 2.45) is 5.92 Å². The van der Waals surface area contributed by atoms with Gasteiger partial charge in [0.2, 0.25) is 0 Å². The smallest absolute Gasteiger partial charge is 0.339 e. The summed E-state index contributed by atoms with van der Waals surface area (Å²) >= 11 is 0. The largest absolute Gasteiger partial charge is 0.449 e. The monoisotopic (exact) mass is 370 g/mol. The van der Waals surface area contributed by atoms with Gasteiger partial charge in [-0.2, -0.15) is 0 Å². The average Bonchev–Trinajstić information content (AvgIpc) is 2.66. The Balaban J connectivity index is 1.89. The minimum atomic E-state index is -0.877. The molecule has 3 rings (SSSR count). The Morgan fingerprint density at radius 1 is 1.33 bits per heavy atom. The number of pyridine rings is 1. The van der Waals surface area contributed by atoms with Crippen LogP contribution < -0.4 is 5.32 Å². The Labute approximate surface area is 159 Å². The van der Waals surface area contributed by atoms with Gasteiger partial charge in [0.25, 0.3) is 5.91 Å². The van der Waals surface area contributed by atoms with E-state index in [1.165, 1.54) is 0 Å². The van der Waals surface area contributed by atoms with E-state index in [1.54, 1.807) is 14.0 Å². The standard InChI is InChI=1S/C21H26N2O4/c1-13-8-9-18-16(12-13)19(15-6-4-5-7-17(15)23-18)21(25)27-14(2)20(24)22-10-11-26-3/h4-7,13-14H,8-12H2,1-3H3,(H,22,24)/t13-,14+/m1/s1. The third kappa shape index (κ3) is 4.27. The Hall–Kier alpha value is -2.47. The van der Waals surface area contributed by atoms with Crippen LogP contribution in [0.5, 0.6) is 0 Å². The van der Waals surface area contributed by atoms with Gasteiger partial charge in [0.05, 0.1) is 17.7 Å². The second-order valence-electron chi connectivity index (χ2n) is 7.11. The number of ether oxygens (including phenoxy) is 2. The lowest BCUT2D eigenvalue weighted by Crippen LogP contribution is -2.37. The fraction of sp³-hybridized carbons (Fsp3) is 0.476. The lowest BCUT2D eigenvalue weighted by molar-refractivity contribution is -0.129. The molecule has 1 aliphatic rings. The molecule has 0 bridgehead atoms. The summed E-state index contributed by atoms with van der Waals surface area (Å²) < 4.78 is 10.4. The summed E-state index contributed by atoms with van der Waals surface area (Å²) in [5.41, 5.74) is 3.27. The van der Waals surface area contributed by atoms with Crippen molar-refractivity contribution in [1.29, 1.82) is 0 Å². The van der Waals surface area contributed by atoms with Crippen LogP contribution in [-0.4, -0.2) is 43.2 Å². The summed E-state index contributed by atoms with van der Waals surface area (Å²) in [7, 11) is 1.56. The topological polar surface area (TPSA) is 77.5 Å². The number of aromatic nitrogens is 1. The molecule has 0 unspecified atom stereocenters. The lowest BCUT2D eigenvalue weighted by Gasteiger charge is -2.24. The van der Waals surface area contributed by atoms with Crippen LogP contribution in [0.4, 0.5) is 0 Å². The van der Waals surface area contributed by atoms with Crippen molar-refractivity contribution >= 4 is 22.8 Å². The molecule has 0 saturated carbocycles. The fourth-order valence-corrected chi connectivity index (χ4v) is 3.49. The summed E-state index contributed by atoms with van der Waals surface area (Å²) in [5.74, 6) is -0.309. The molecule has 1 N–H and O–H groups in total. The van der Waals surface area contributed by atoms with Crippen molar-refractivity contribution in [1.82, 2.24) is 10.3 Å². The molecule has 27 heavy (non-hydrogen) atoms. The fourth-order valence-electron chi connectivity index (χ4n) is 3.49. The number of fused-ring (bicyclic) bond motifs is 2. The second-order valence-corrected chi connectivity index (χ2v) is 7.11. The van der Waals surface area contributed by atoms with Crippen molar-refractivity contribution in [3.8, 4) is 0 Å². The maximum Gasteiger partial charge on any atom is 0.339 e. The quantitative estimate of drug-likeness (QED) is 0.625. The molecule has 6 nitrogen and oxygen atoms in total. The van der Waals surface area contributed by atoms with Gasteiger partial charge in [0, 0.05) is 24.7 Å². The van der Waals surface area contributed by atoms with E-state index >= 15 is 0 Å². The molecule has 0 saturated heterocycles. The van der Waals surface area contributed by atoms with Gasteiger partial charge < -0.3 is 14.8 Å². The van der Waals surface area contributed by atoms with Crippen molar-refractivity contribution in [3.05, 3.63) is 41.1 Å². The Morgan fingerprint density at radius 2 is 2.11 bits per heavy atom. The molecule has 1 aliphatic carbocycles. The van der Waals surface area contributed by atoms with Crippen LogP contribution in [-0.2, 0) is 27.1 Å². The van der Waals surface area contributed by atoms with E-state index in [9.17, 15) is 9.59 Å². The maximum atomic E-state index is 13.0. The van der Waals surface area contributed by atoms with Crippen LogP contribution in [0.15, 0.2) is 24.3 Å². The first kappa shape index (κ1) is 19.3. The van der Waals surface area contributed by atoms with Crippen molar-refractivity contribution < 1.29 is 19.1 Å². The summed E-state index contributed by atoms with van der Waals surface area (Å²) in [4.78, 5) is 29.9. The maximum absolute atomic E-state index is 13.0. The zero-order valence-electron chi connectivity index (χ0n) is 16.1. The van der Waals surface area contributed by atoms with Crippen molar-refractivity contribution in [3.63, 3.8) is 0 Å². The first-order valence-electron chi connectivity index (χ1n) is 9.39. The number of carbonyl (C=O) groups excluding carboxylic acids is 2. The van der Waals surface area contributed by atoms with Crippen LogP contribution in [0.2, 0.25) is 0 Å². The number of benzene rings is 1. The predicted molar refractivity (Wildman–Crippen MR) is 103 cm³/mol. The van der Waals surface area contributed by atoms with E-state index in [0.29, 0.717) is 24.6 Å². The van der Waals surface area contributed by atoms with Crippen LogP contribution in [0.1, 0.15) is 41.9 Å². The number of para-hydroxylation sites is 1. The van der Waals surface area contributed by atoms with E-state index in [-0.39, 0.29) is 5.91 Å². The van der Waals surface area contributed by atoms with Gasteiger partial charge in [-0.05, 0) is 43.7 Å². The highest BCUT2D eigenvalue weighted by molar-refractivity contribution is 6.05. The van der Waals surface area contributed by atoms with Crippen LogP contribution in [0.25, 0.3) is 10.9 Å². The van der Waals surface area contributed by atoms with Crippen molar-refractivity contribution in [2.45, 2.75) is 39.2 Å². The highest BCUT2D eigenvalue weighted by Gasteiger charge is 2.28. The third-order valence-electron chi connectivity index (χ3n) is 4.97. The van der Waals surface area contributed by atoms with Gasteiger partial charge in [0.1, 0.15) is 0 Å². The molecule has 2 aromatic rings. The van der Waals surface area contributed by atoms with Crippen molar-refractivity contribution in [2.75, 3.05) is 20.3 Å². The number of aryl methyl sites for hydroxylation is 1. The number of amides is 1. The molecular formula is C21H26N2O4. The Morgan fingerprint density at radius 3 is 2.89 bits per heavy atom. The summed E-state index contributed by atoms with van der Waals surface area (Å²) in [6.45, 7) is 4.55. The zero-order valence-corrected chi connectivity index (χ0v) is 16.1. The first-order chi connectivity index (χ1) is 13.0. The highest BCUT2D eigenvalue weighted by atomic mass is 16.5. The number of carbonyl (C=O) groups is 2. The van der Waals surface area contributed by atoms with Crippen LogP contribution >= 0.6 is 0 Å². The van der Waals surface area contributed by atoms with E-state index in [1.807, 2.05) is 24.3 Å². The summed E-state index contributed by atoms with van der Waals surface area (Å²) in [6.07, 6.45) is 1.84. The van der Waals surface area contributed by atoms with Gasteiger partial charge in [-0.1, -0.05) is 25.1 Å². The highest BCUT2D eigenvalue weighted by Crippen LogP contribution is 2.32. The minimum Gasteiger partial charge on any atom is -0.449 e. The second kappa shape index (κ2) is 8.48. The Bertz CT molecular complexity index is 849. The zero-order chi connectivity index (χ0) is 19.4. The van der Waals surface area contributed by atoms with Crippen LogP contribution in [0.3, 0.4) is 0 Å². The number of nitrogens with zero attached hydrogens (tertiary/aromatic N) is 1. The number of hydrogen-bond acceptors (Lipinski definition) is 5. The van der Waals surface area contributed by atoms with E-state index in [4.69, 9.17) is 14.5 Å². The molecule has 0 fully saturated rings. The van der Waals surface area contributed by atoms with E-state index in [2.05, 4.69) is 12.2 Å². The summed E-state index contributed by atoms with van der Waals surface area (Å²) in [6, 6.07) is 7.60. The molecule has 1 aromatic heterocycles. The molecular weight excluding hydrogens is 344 g/mol. The molecule has 6 heteroatoms. The van der Waals surface area contributed by atoms with Crippen LogP contribution in [0, 0.1) is 5.92 Å². The van der Waals surface area contributed by atoms with E-state index in [0.717, 1.165) is 41.4 Å². The molecule has 1 heterocycles. The number of esters is 1. The van der Waals surface area contributed by atoms with E-state index < -0.39 is 12.1 Å². The van der Waals surface area contributed by atoms with Gasteiger partial charge >= 0.3 is 5.97 Å². The number of rotatable bonds is 6. The minimum absolute atomic E-state index is 0.332. The molecule has 1 amide bonds. The normalized spacial score (nSPS) is 17.2. The number of nitrogens with one attached hydrogen (secondary N) is 1. The van der Waals surface area contributed by atoms with Gasteiger partial charge in [-0.25, -0.2) is 4.79 Å². The lowest BCUT2D eigenvalue weighted by atomic mass is 9.84. The molecule has 144 valence electrons. The molecule has 0 spiro atoms. The molecule has 0 aliphatic heterocycles. The average molecular weight is 370 g/mol. The van der Waals surface area contributed by atoms with Gasteiger partial charge in [-0.3, -0.25) is 9.78 Å². The number of methoxy groups -OCH3 is 1. The third-order valence-corrected chi connectivity index (χ3v) is 4.97. The van der Waals surface area contributed by atoms with Gasteiger partial charge in [0.15, 0.2) is 6.10 Å². The Kier molecular flexibility index (Phi) is 6.06. The predicted octanol–water partition coefficient (Wildman–Crippen LogP) is 2.67. The number of hydrogen-bond donors (Lipinski definition) is 1. The first-order valence-corrected chi connectivity index (χ1v) is 9.39. The molecule has 2 atom stereocenters. The summed E-state index contributed by atoms with van der Waals surface area (Å²) in [5, 5.41) is 3.47. The molecule has 0 radical (unpaired) electrons. The van der Waals surface area contributed by atoms with Gasteiger partial charge in [-0.15, -0.1) is 0 Å². The molecule has 1 aromatic carbocycles.